The fourth-order valence-corrected chi connectivity index (χ4v) is 5.17. The van der Waals surface area contributed by atoms with E-state index in [1.807, 2.05) is 11.4 Å². The first-order valence-corrected chi connectivity index (χ1v) is 9.51. The van der Waals surface area contributed by atoms with Gasteiger partial charge in [-0.2, -0.15) is 0 Å². The standard InChI is InChI=1S/C18H19N3O4S/c22-17(23)18-6-2-4-13(18)8-20(11-18)9-14-10-26-16(19-14)12-3-1-5-15(7-12)21(24)25/h1,3,5,7,10,13H,2,4,6,8-9,11H2,(H,22,23)/t13-,18+/m0/s1. The summed E-state index contributed by atoms with van der Waals surface area (Å²) < 4.78 is 0. The number of nitro groups is 1. The van der Waals surface area contributed by atoms with Crippen LogP contribution in [0.25, 0.3) is 10.6 Å². The summed E-state index contributed by atoms with van der Waals surface area (Å²) in [6.07, 6.45) is 2.75. The molecule has 8 heteroatoms. The van der Waals surface area contributed by atoms with E-state index >= 15 is 0 Å². The summed E-state index contributed by atoms with van der Waals surface area (Å²) in [5.74, 6) is -0.437. The number of likely N-dealkylation sites (tertiary alicyclic amines) is 1. The third kappa shape index (κ3) is 2.89. The summed E-state index contributed by atoms with van der Waals surface area (Å²) in [6, 6.07) is 6.47. The molecule has 1 aromatic heterocycles. The van der Waals surface area contributed by atoms with Crippen molar-refractivity contribution in [3.8, 4) is 10.6 Å². The lowest BCUT2D eigenvalue weighted by atomic mass is 9.81. The third-order valence-electron chi connectivity index (χ3n) is 5.61. The molecule has 2 fully saturated rings. The van der Waals surface area contributed by atoms with Crippen molar-refractivity contribution < 1.29 is 14.8 Å². The van der Waals surface area contributed by atoms with Gasteiger partial charge < -0.3 is 5.11 Å². The monoisotopic (exact) mass is 373 g/mol. The Balaban J connectivity index is 1.49. The SMILES string of the molecule is O=C(O)[C@@]12CCC[C@H]1CN(Cc1csc(-c3cccc([N+](=O)[O-])c3)n1)C2. The second-order valence-electron chi connectivity index (χ2n) is 7.17. The van der Waals surface area contributed by atoms with E-state index in [1.165, 1.54) is 23.5 Å². The second-order valence-corrected chi connectivity index (χ2v) is 8.03. The lowest BCUT2D eigenvalue weighted by Crippen LogP contribution is -2.35. The number of nitrogens with zero attached hydrogens (tertiary/aromatic N) is 3. The molecule has 136 valence electrons. The molecule has 0 amide bonds. The number of benzene rings is 1. The van der Waals surface area contributed by atoms with Crippen LogP contribution in [0.15, 0.2) is 29.6 Å². The molecule has 1 aliphatic carbocycles. The Kier molecular flexibility index (Phi) is 4.24. The minimum Gasteiger partial charge on any atom is -0.481 e. The summed E-state index contributed by atoms with van der Waals surface area (Å²) in [4.78, 5) is 29.1. The second kappa shape index (κ2) is 6.44. The van der Waals surface area contributed by atoms with Crippen molar-refractivity contribution in [1.82, 2.24) is 9.88 Å². The quantitative estimate of drug-likeness (QED) is 0.637. The summed E-state index contributed by atoms with van der Waals surface area (Å²) in [5, 5.41) is 23.3. The minimum atomic E-state index is -0.668. The molecule has 7 nitrogen and oxygen atoms in total. The van der Waals surface area contributed by atoms with E-state index in [0.29, 0.717) is 13.1 Å². The number of hydrogen-bond acceptors (Lipinski definition) is 6. The van der Waals surface area contributed by atoms with Gasteiger partial charge in [0.2, 0.25) is 0 Å². The molecule has 0 radical (unpaired) electrons. The molecule has 4 rings (SSSR count). The van der Waals surface area contributed by atoms with Crippen LogP contribution in [0.2, 0.25) is 0 Å². The largest absolute Gasteiger partial charge is 0.481 e. The topological polar surface area (TPSA) is 96.6 Å². The van der Waals surface area contributed by atoms with Gasteiger partial charge in [0.25, 0.3) is 5.69 Å². The number of nitro benzene ring substituents is 1. The van der Waals surface area contributed by atoms with Crippen molar-refractivity contribution in [2.45, 2.75) is 25.8 Å². The zero-order valence-corrected chi connectivity index (χ0v) is 14.9. The number of carboxylic acids is 1. The van der Waals surface area contributed by atoms with Gasteiger partial charge in [0.15, 0.2) is 0 Å². The number of carboxylic acid groups (broad SMARTS) is 1. The number of non-ortho nitro benzene ring substituents is 1. The lowest BCUT2D eigenvalue weighted by molar-refractivity contribution is -0.384. The van der Waals surface area contributed by atoms with Crippen molar-refractivity contribution >= 4 is 23.0 Å². The van der Waals surface area contributed by atoms with Crippen molar-refractivity contribution in [2.24, 2.45) is 11.3 Å². The first-order chi connectivity index (χ1) is 12.5. The number of rotatable bonds is 5. The van der Waals surface area contributed by atoms with E-state index in [4.69, 9.17) is 0 Å². The van der Waals surface area contributed by atoms with Crippen LogP contribution in [0.1, 0.15) is 25.0 Å². The highest BCUT2D eigenvalue weighted by Crippen LogP contribution is 2.49. The fraction of sp³-hybridized carbons (Fsp3) is 0.444. The van der Waals surface area contributed by atoms with Crippen LogP contribution in [-0.4, -0.2) is 39.0 Å². The Morgan fingerprint density at radius 3 is 3.08 bits per heavy atom. The molecule has 0 unspecified atom stereocenters. The molecule has 26 heavy (non-hydrogen) atoms. The molecular formula is C18H19N3O4S. The van der Waals surface area contributed by atoms with E-state index in [1.54, 1.807) is 6.07 Å². The van der Waals surface area contributed by atoms with Gasteiger partial charge in [-0.1, -0.05) is 18.6 Å². The van der Waals surface area contributed by atoms with Crippen molar-refractivity contribution in [2.75, 3.05) is 13.1 Å². The number of thiazole rings is 1. The maximum absolute atomic E-state index is 11.8. The van der Waals surface area contributed by atoms with E-state index in [2.05, 4.69) is 9.88 Å². The molecule has 2 aromatic rings. The summed E-state index contributed by atoms with van der Waals surface area (Å²) in [6.45, 7) is 2.00. The molecule has 1 N–H and O–H groups in total. The molecule has 2 atom stereocenters. The summed E-state index contributed by atoms with van der Waals surface area (Å²) in [7, 11) is 0. The van der Waals surface area contributed by atoms with Gasteiger partial charge in [0.05, 0.1) is 16.0 Å². The van der Waals surface area contributed by atoms with Gasteiger partial charge in [-0.05, 0) is 18.8 Å². The van der Waals surface area contributed by atoms with Crippen LogP contribution in [0.4, 0.5) is 5.69 Å². The lowest BCUT2D eigenvalue weighted by Gasteiger charge is -2.23. The number of fused-ring (bicyclic) bond motifs is 1. The van der Waals surface area contributed by atoms with E-state index in [-0.39, 0.29) is 11.6 Å². The third-order valence-corrected chi connectivity index (χ3v) is 6.55. The van der Waals surface area contributed by atoms with Gasteiger partial charge in [-0.3, -0.25) is 19.8 Å². The summed E-state index contributed by atoms with van der Waals surface area (Å²) in [5.41, 5.74) is 1.08. The molecule has 2 heterocycles. The van der Waals surface area contributed by atoms with Crippen LogP contribution in [0.3, 0.4) is 0 Å². The Bertz CT molecular complexity index is 868. The van der Waals surface area contributed by atoms with E-state index in [9.17, 15) is 20.0 Å². The number of aromatic nitrogens is 1. The maximum Gasteiger partial charge on any atom is 0.311 e. The predicted molar refractivity (Wildman–Crippen MR) is 96.9 cm³/mol. The molecule has 2 aliphatic rings. The average molecular weight is 373 g/mol. The number of aliphatic carboxylic acids is 1. The number of carbonyl (C=O) groups is 1. The molecule has 1 aromatic carbocycles. The Morgan fingerprint density at radius 2 is 2.35 bits per heavy atom. The van der Waals surface area contributed by atoms with Crippen molar-refractivity contribution in [3.05, 3.63) is 45.5 Å². The molecule has 1 saturated heterocycles. The van der Waals surface area contributed by atoms with Gasteiger partial charge in [0, 0.05) is 42.7 Å². The van der Waals surface area contributed by atoms with Gasteiger partial charge in [0.1, 0.15) is 5.01 Å². The highest BCUT2D eigenvalue weighted by Gasteiger charge is 2.54. The van der Waals surface area contributed by atoms with E-state index < -0.39 is 16.3 Å². The Labute approximate surface area is 154 Å². The molecule has 1 aliphatic heterocycles. The average Bonchev–Trinajstić information content (AvgIpc) is 3.29. The van der Waals surface area contributed by atoms with Gasteiger partial charge in [-0.15, -0.1) is 11.3 Å². The normalized spacial score (nSPS) is 25.3. The van der Waals surface area contributed by atoms with Crippen LogP contribution in [0, 0.1) is 21.4 Å². The number of hydrogen-bond donors (Lipinski definition) is 1. The first-order valence-electron chi connectivity index (χ1n) is 8.63. The summed E-state index contributed by atoms with van der Waals surface area (Å²) >= 11 is 1.46. The highest BCUT2D eigenvalue weighted by atomic mass is 32.1. The zero-order valence-electron chi connectivity index (χ0n) is 14.1. The maximum atomic E-state index is 11.8. The molecule has 1 saturated carbocycles. The smallest absolute Gasteiger partial charge is 0.311 e. The minimum absolute atomic E-state index is 0.0509. The van der Waals surface area contributed by atoms with Gasteiger partial charge >= 0.3 is 5.97 Å². The Hall–Kier alpha value is -2.32. The van der Waals surface area contributed by atoms with Crippen molar-refractivity contribution in [1.29, 1.82) is 0 Å². The zero-order chi connectivity index (χ0) is 18.3. The molecular weight excluding hydrogens is 354 g/mol. The van der Waals surface area contributed by atoms with Crippen LogP contribution in [-0.2, 0) is 11.3 Å². The molecule has 0 spiro atoms. The molecule has 0 bridgehead atoms. The Morgan fingerprint density at radius 1 is 1.50 bits per heavy atom. The van der Waals surface area contributed by atoms with Crippen LogP contribution < -0.4 is 0 Å². The fourth-order valence-electron chi connectivity index (χ4n) is 4.36. The first kappa shape index (κ1) is 17.1. The predicted octanol–water partition coefficient (Wildman–Crippen LogP) is 3.41. The van der Waals surface area contributed by atoms with Crippen molar-refractivity contribution in [3.63, 3.8) is 0 Å². The van der Waals surface area contributed by atoms with Crippen LogP contribution in [0.5, 0.6) is 0 Å². The van der Waals surface area contributed by atoms with Crippen LogP contribution >= 0.6 is 11.3 Å². The highest BCUT2D eigenvalue weighted by molar-refractivity contribution is 7.13. The van der Waals surface area contributed by atoms with E-state index in [0.717, 1.165) is 42.1 Å². The van der Waals surface area contributed by atoms with Gasteiger partial charge in [-0.25, -0.2) is 4.98 Å².